The summed E-state index contributed by atoms with van der Waals surface area (Å²) in [4.78, 5) is 2.57. The summed E-state index contributed by atoms with van der Waals surface area (Å²) in [5.41, 5.74) is -0.509. The molecular formula is C13H27NO. The third-order valence-corrected chi connectivity index (χ3v) is 3.07. The molecular weight excluding hydrogens is 186 g/mol. The Morgan fingerprint density at radius 3 is 2.27 bits per heavy atom. The third-order valence-electron chi connectivity index (χ3n) is 3.07. The molecule has 0 atom stereocenters. The van der Waals surface area contributed by atoms with Gasteiger partial charge < -0.3 is 10.0 Å². The molecule has 0 aliphatic heterocycles. The van der Waals surface area contributed by atoms with Gasteiger partial charge in [0.2, 0.25) is 0 Å². The minimum absolute atomic E-state index is 0.509. The highest BCUT2D eigenvalue weighted by molar-refractivity contribution is 4.85. The Kier molecular flexibility index (Phi) is 4.60. The molecule has 1 rings (SSSR count). The zero-order valence-corrected chi connectivity index (χ0v) is 10.8. The SMILES string of the molecule is CC(C)CCN(CCC(C)(C)O)C1CC1. The van der Waals surface area contributed by atoms with Crippen molar-refractivity contribution in [1.82, 2.24) is 4.90 Å². The fraction of sp³-hybridized carbons (Fsp3) is 1.00. The van der Waals surface area contributed by atoms with E-state index in [1.54, 1.807) is 0 Å². The molecule has 0 spiro atoms. The van der Waals surface area contributed by atoms with E-state index in [9.17, 15) is 5.11 Å². The molecule has 0 bridgehead atoms. The molecule has 0 aromatic carbocycles. The van der Waals surface area contributed by atoms with Crippen molar-refractivity contribution in [3.05, 3.63) is 0 Å². The van der Waals surface area contributed by atoms with Gasteiger partial charge in [-0.2, -0.15) is 0 Å². The molecule has 1 fully saturated rings. The Balaban J connectivity index is 2.25. The maximum Gasteiger partial charge on any atom is 0.0603 e. The lowest BCUT2D eigenvalue weighted by atomic mass is 10.0. The first-order valence-corrected chi connectivity index (χ1v) is 6.35. The molecule has 0 amide bonds. The Bertz CT molecular complexity index is 179. The van der Waals surface area contributed by atoms with Crippen LogP contribution in [-0.4, -0.2) is 34.7 Å². The highest BCUT2D eigenvalue weighted by Crippen LogP contribution is 2.28. The smallest absolute Gasteiger partial charge is 0.0603 e. The largest absolute Gasteiger partial charge is 0.390 e. The highest BCUT2D eigenvalue weighted by atomic mass is 16.3. The van der Waals surface area contributed by atoms with Gasteiger partial charge >= 0.3 is 0 Å². The normalized spacial score (nSPS) is 17.8. The van der Waals surface area contributed by atoms with Gasteiger partial charge in [-0.3, -0.25) is 0 Å². The standard InChI is InChI=1S/C13H27NO/c1-11(2)7-9-14(12-5-6-12)10-8-13(3,4)15/h11-12,15H,5-10H2,1-4H3. The van der Waals surface area contributed by atoms with Gasteiger partial charge in [0.1, 0.15) is 0 Å². The summed E-state index contributed by atoms with van der Waals surface area (Å²) < 4.78 is 0. The predicted molar refractivity (Wildman–Crippen MR) is 65.0 cm³/mol. The minimum atomic E-state index is -0.509. The topological polar surface area (TPSA) is 23.5 Å². The van der Waals surface area contributed by atoms with Crippen LogP contribution in [0.15, 0.2) is 0 Å². The van der Waals surface area contributed by atoms with Crippen molar-refractivity contribution in [2.75, 3.05) is 13.1 Å². The average molecular weight is 213 g/mol. The number of rotatable bonds is 7. The van der Waals surface area contributed by atoms with E-state index in [0.717, 1.165) is 24.9 Å². The lowest BCUT2D eigenvalue weighted by Crippen LogP contribution is -2.33. The van der Waals surface area contributed by atoms with Crippen molar-refractivity contribution in [3.63, 3.8) is 0 Å². The van der Waals surface area contributed by atoms with E-state index in [1.807, 2.05) is 13.8 Å². The van der Waals surface area contributed by atoms with E-state index in [2.05, 4.69) is 18.7 Å². The van der Waals surface area contributed by atoms with E-state index >= 15 is 0 Å². The van der Waals surface area contributed by atoms with Crippen LogP contribution in [0.1, 0.15) is 53.4 Å². The van der Waals surface area contributed by atoms with Gasteiger partial charge in [0.25, 0.3) is 0 Å². The molecule has 90 valence electrons. The molecule has 1 saturated carbocycles. The summed E-state index contributed by atoms with van der Waals surface area (Å²) >= 11 is 0. The zero-order valence-electron chi connectivity index (χ0n) is 10.8. The summed E-state index contributed by atoms with van der Waals surface area (Å²) in [7, 11) is 0. The Morgan fingerprint density at radius 1 is 1.27 bits per heavy atom. The van der Waals surface area contributed by atoms with Gasteiger partial charge in [-0.25, -0.2) is 0 Å². The van der Waals surface area contributed by atoms with Crippen molar-refractivity contribution >= 4 is 0 Å². The molecule has 0 aromatic heterocycles. The Morgan fingerprint density at radius 2 is 1.87 bits per heavy atom. The van der Waals surface area contributed by atoms with E-state index in [1.165, 1.54) is 25.8 Å². The second kappa shape index (κ2) is 5.31. The van der Waals surface area contributed by atoms with Crippen LogP contribution in [0.3, 0.4) is 0 Å². The zero-order chi connectivity index (χ0) is 11.5. The van der Waals surface area contributed by atoms with Gasteiger partial charge in [0.05, 0.1) is 5.60 Å². The lowest BCUT2D eigenvalue weighted by Gasteiger charge is -2.26. The summed E-state index contributed by atoms with van der Waals surface area (Å²) in [5.74, 6) is 0.786. The summed E-state index contributed by atoms with van der Waals surface area (Å²) in [6.45, 7) is 10.6. The van der Waals surface area contributed by atoms with Crippen LogP contribution in [-0.2, 0) is 0 Å². The van der Waals surface area contributed by atoms with Crippen molar-refractivity contribution in [2.45, 2.75) is 65.0 Å². The lowest BCUT2D eigenvalue weighted by molar-refractivity contribution is 0.0559. The second-order valence-electron chi connectivity index (χ2n) is 6.01. The maximum atomic E-state index is 9.72. The molecule has 0 saturated heterocycles. The van der Waals surface area contributed by atoms with Gasteiger partial charge in [0, 0.05) is 12.6 Å². The van der Waals surface area contributed by atoms with Crippen LogP contribution in [0, 0.1) is 5.92 Å². The third kappa shape index (κ3) is 6.16. The second-order valence-corrected chi connectivity index (χ2v) is 6.01. The Labute approximate surface area is 94.7 Å². The number of hydrogen-bond donors (Lipinski definition) is 1. The van der Waals surface area contributed by atoms with Crippen LogP contribution >= 0.6 is 0 Å². The summed E-state index contributed by atoms with van der Waals surface area (Å²) in [5, 5.41) is 9.72. The highest BCUT2D eigenvalue weighted by Gasteiger charge is 2.29. The van der Waals surface area contributed by atoms with Crippen molar-refractivity contribution in [3.8, 4) is 0 Å². The molecule has 1 N–H and O–H groups in total. The van der Waals surface area contributed by atoms with Crippen molar-refractivity contribution in [2.24, 2.45) is 5.92 Å². The maximum absolute atomic E-state index is 9.72. The van der Waals surface area contributed by atoms with Gasteiger partial charge in [-0.05, 0) is 52.0 Å². The molecule has 0 aromatic rings. The summed E-state index contributed by atoms with van der Waals surface area (Å²) in [6, 6.07) is 0.825. The van der Waals surface area contributed by atoms with E-state index in [-0.39, 0.29) is 0 Å². The van der Waals surface area contributed by atoms with Crippen LogP contribution in [0.2, 0.25) is 0 Å². The quantitative estimate of drug-likeness (QED) is 0.703. The van der Waals surface area contributed by atoms with E-state index < -0.39 is 5.60 Å². The van der Waals surface area contributed by atoms with E-state index in [0.29, 0.717) is 0 Å². The molecule has 0 radical (unpaired) electrons. The van der Waals surface area contributed by atoms with Crippen molar-refractivity contribution < 1.29 is 5.11 Å². The number of hydrogen-bond acceptors (Lipinski definition) is 2. The van der Waals surface area contributed by atoms with Crippen LogP contribution in [0.25, 0.3) is 0 Å². The molecule has 2 nitrogen and oxygen atoms in total. The Hall–Kier alpha value is -0.0800. The average Bonchev–Trinajstić information content (AvgIpc) is 2.85. The van der Waals surface area contributed by atoms with Crippen LogP contribution in [0.5, 0.6) is 0 Å². The van der Waals surface area contributed by atoms with Crippen LogP contribution in [0.4, 0.5) is 0 Å². The van der Waals surface area contributed by atoms with E-state index in [4.69, 9.17) is 0 Å². The van der Waals surface area contributed by atoms with Crippen molar-refractivity contribution in [1.29, 1.82) is 0 Å². The van der Waals surface area contributed by atoms with Gasteiger partial charge in [-0.1, -0.05) is 13.8 Å². The summed E-state index contributed by atoms with van der Waals surface area (Å²) in [6.07, 6.45) is 4.90. The fourth-order valence-electron chi connectivity index (χ4n) is 1.76. The van der Waals surface area contributed by atoms with Gasteiger partial charge in [0.15, 0.2) is 0 Å². The first-order chi connectivity index (χ1) is 6.88. The predicted octanol–water partition coefficient (Wildman–Crippen LogP) is 2.66. The first kappa shape index (κ1) is 13.0. The van der Waals surface area contributed by atoms with Gasteiger partial charge in [-0.15, -0.1) is 0 Å². The number of nitrogens with zero attached hydrogens (tertiary/aromatic N) is 1. The molecule has 0 heterocycles. The minimum Gasteiger partial charge on any atom is -0.390 e. The number of aliphatic hydroxyl groups is 1. The molecule has 1 aliphatic rings. The fourth-order valence-corrected chi connectivity index (χ4v) is 1.76. The first-order valence-electron chi connectivity index (χ1n) is 6.35. The monoisotopic (exact) mass is 213 g/mol. The molecule has 1 aliphatic carbocycles. The molecule has 15 heavy (non-hydrogen) atoms. The van der Waals surface area contributed by atoms with Crippen LogP contribution < -0.4 is 0 Å². The molecule has 0 unspecified atom stereocenters. The molecule has 2 heteroatoms.